The van der Waals surface area contributed by atoms with E-state index in [9.17, 15) is 9.36 Å². The van der Waals surface area contributed by atoms with Crippen molar-refractivity contribution in [1.82, 2.24) is 15.3 Å². The number of anilines is 5. The predicted octanol–water partition coefficient (Wildman–Crippen LogP) is 7.45. The van der Waals surface area contributed by atoms with Crippen LogP contribution in [0.4, 0.5) is 33.6 Å². The lowest BCUT2D eigenvalue weighted by atomic mass is 9.60. The minimum absolute atomic E-state index is 0.203. The van der Waals surface area contributed by atoms with Crippen LogP contribution in [0.25, 0.3) is 0 Å². The molecule has 3 aromatic rings. The largest absolute Gasteiger partial charge is 0.444 e. The first-order valence-corrected chi connectivity index (χ1v) is 17.7. The lowest BCUT2D eigenvalue weighted by Gasteiger charge is -2.52. The Morgan fingerprint density at radius 2 is 1.79 bits per heavy atom. The highest BCUT2D eigenvalue weighted by Gasteiger charge is 2.46. The third kappa shape index (κ3) is 7.63. The number of benzene rings is 2. The highest BCUT2D eigenvalue weighted by molar-refractivity contribution is 7.70. The van der Waals surface area contributed by atoms with Gasteiger partial charge in [0.1, 0.15) is 17.8 Å². The van der Waals surface area contributed by atoms with Crippen molar-refractivity contribution in [2.45, 2.75) is 65.0 Å². The zero-order valence-corrected chi connectivity index (χ0v) is 27.5. The molecule has 0 atom stereocenters. The molecule has 1 aliphatic carbocycles. The molecule has 11 heteroatoms. The molecule has 9 nitrogen and oxygen atoms in total. The summed E-state index contributed by atoms with van der Waals surface area (Å²) in [5.41, 5.74) is 3.82. The van der Waals surface area contributed by atoms with Gasteiger partial charge >= 0.3 is 6.09 Å². The van der Waals surface area contributed by atoms with E-state index < -0.39 is 12.7 Å². The van der Waals surface area contributed by atoms with E-state index in [0.717, 1.165) is 49.8 Å². The molecule has 1 amide bonds. The molecule has 230 valence electrons. The number of carbonyl (C=O) groups is 1. The number of aryl methyl sites for hydroxylation is 1. The van der Waals surface area contributed by atoms with E-state index in [0.29, 0.717) is 27.9 Å². The number of nitrogens with zero attached hydrogens (tertiary/aromatic N) is 3. The summed E-state index contributed by atoms with van der Waals surface area (Å²) < 4.78 is 18.2. The van der Waals surface area contributed by atoms with Gasteiger partial charge in [-0.15, -0.1) is 0 Å². The average molecular weight is 625 g/mol. The van der Waals surface area contributed by atoms with Gasteiger partial charge in [0.05, 0.1) is 11.9 Å². The molecule has 1 aromatic heterocycles. The Labute approximate surface area is 259 Å². The molecular formula is C32H42ClN6O3P. The molecular weight excluding hydrogens is 583 g/mol. The summed E-state index contributed by atoms with van der Waals surface area (Å²) in [6, 6.07) is 14.0. The molecule has 0 bridgehead atoms. The van der Waals surface area contributed by atoms with E-state index in [1.54, 1.807) is 19.5 Å². The lowest BCUT2D eigenvalue weighted by molar-refractivity contribution is 0.0234. The number of nitrogens with one attached hydrogen (secondary N) is 3. The van der Waals surface area contributed by atoms with E-state index in [4.69, 9.17) is 16.3 Å². The first-order valence-electron chi connectivity index (χ1n) is 14.8. The van der Waals surface area contributed by atoms with Gasteiger partial charge in [0.2, 0.25) is 5.95 Å². The van der Waals surface area contributed by atoms with E-state index in [2.05, 4.69) is 49.9 Å². The van der Waals surface area contributed by atoms with Gasteiger partial charge in [-0.1, -0.05) is 23.7 Å². The van der Waals surface area contributed by atoms with Gasteiger partial charge in [0.25, 0.3) is 0 Å². The smallest absolute Gasteiger partial charge is 0.407 e. The normalized spacial score (nSPS) is 16.9. The summed E-state index contributed by atoms with van der Waals surface area (Å²) in [4.78, 5) is 23.6. The molecule has 0 unspecified atom stereocenters. The number of amides is 1. The summed E-state index contributed by atoms with van der Waals surface area (Å²) in [6.07, 6.45) is 5.49. The SMILES string of the molecule is Cc1cc(Nc2ncc(Cl)c(Nc3ccccc3P(C)(C)=O)n2)ccc1N1CCC2(CC1)CC(NC(=O)OC(C)(C)C)C2. The summed E-state index contributed by atoms with van der Waals surface area (Å²) in [5, 5.41) is 10.7. The lowest BCUT2D eigenvalue weighted by Crippen LogP contribution is -2.55. The van der Waals surface area contributed by atoms with Gasteiger partial charge in [-0.05, 0) is 108 Å². The number of halogens is 1. The maximum absolute atomic E-state index is 12.8. The number of rotatable bonds is 7. The molecule has 2 aliphatic rings. The Bertz CT molecular complexity index is 1540. The fourth-order valence-corrected chi connectivity index (χ4v) is 7.39. The highest BCUT2D eigenvalue weighted by Crippen LogP contribution is 2.50. The van der Waals surface area contributed by atoms with Crippen LogP contribution in [0.5, 0.6) is 0 Å². The van der Waals surface area contributed by atoms with Crippen molar-refractivity contribution in [2.24, 2.45) is 5.41 Å². The van der Waals surface area contributed by atoms with Gasteiger partial charge in [0, 0.05) is 35.8 Å². The van der Waals surface area contributed by atoms with Gasteiger partial charge in [0.15, 0.2) is 5.82 Å². The summed E-state index contributed by atoms with van der Waals surface area (Å²) in [7, 11) is -2.51. The van der Waals surface area contributed by atoms with Crippen LogP contribution in [0.3, 0.4) is 0 Å². The zero-order chi connectivity index (χ0) is 31.0. The molecule has 3 N–H and O–H groups in total. The molecule has 2 fully saturated rings. The summed E-state index contributed by atoms with van der Waals surface area (Å²) >= 11 is 6.42. The summed E-state index contributed by atoms with van der Waals surface area (Å²) in [5.74, 6) is 0.849. The molecule has 2 aromatic carbocycles. The molecule has 1 aliphatic heterocycles. The number of ether oxygens (including phenoxy) is 1. The fraction of sp³-hybridized carbons (Fsp3) is 0.469. The molecule has 43 heavy (non-hydrogen) atoms. The molecule has 1 spiro atoms. The Morgan fingerprint density at radius 1 is 1.09 bits per heavy atom. The van der Waals surface area contributed by atoms with Crippen molar-refractivity contribution in [3.63, 3.8) is 0 Å². The number of hydrogen-bond acceptors (Lipinski definition) is 8. The second-order valence-electron chi connectivity index (χ2n) is 13.2. The second-order valence-corrected chi connectivity index (χ2v) is 16.8. The standard InChI is InChI=1S/C32H42ClN6O3P/c1-21-17-22(35-29-34-20-24(33)28(38-29)37-25-9-7-8-10-27(25)43(5,6)41)11-12-26(21)39-15-13-32(14-16-39)18-23(19-32)36-30(40)42-31(2,3)4/h7-12,17,20,23H,13-16,18-19H2,1-6H3,(H,36,40)(H2,34,35,37,38). The van der Waals surface area contributed by atoms with Crippen LogP contribution in [0.2, 0.25) is 5.02 Å². The summed E-state index contributed by atoms with van der Waals surface area (Å²) in [6.45, 7) is 13.2. The van der Waals surface area contributed by atoms with Gasteiger partial charge in [-0.25, -0.2) is 9.78 Å². The van der Waals surface area contributed by atoms with Gasteiger partial charge in [-0.3, -0.25) is 0 Å². The Balaban J connectivity index is 1.18. The molecule has 0 radical (unpaired) electrons. The van der Waals surface area contributed by atoms with Crippen LogP contribution in [0, 0.1) is 12.3 Å². The number of alkyl carbamates (subject to hydrolysis) is 1. The van der Waals surface area contributed by atoms with Crippen LogP contribution in [0.1, 0.15) is 52.0 Å². The first kappa shape index (κ1) is 31.1. The van der Waals surface area contributed by atoms with Crippen molar-refractivity contribution in [1.29, 1.82) is 0 Å². The quantitative estimate of drug-likeness (QED) is 0.233. The Morgan fingerprint density at radius 3 is 2.44 bits per heavy atom. The third-order valence-electron chi connectivity index (χ3n) is 8.18. The van der Waals surface area contributed by atoms with E-state index in [-0.39, 0.29) is 12.1 Å². The van der Waals surface area contributed by atoms with Crippen molar-refractivity contribution in [3.05, 3.63) is 59.2 Å². The van der Waals surface area contributed by atoms with Crippen molar-refractivity contribution in [3.8, 4) is 0 Å². The molecule has 1 saturated carbocycles. The number of carbonyl (C=O) groups excluding carboxylic acids is 1. The Hall–Kier alpha value is -3.29. The van der Waals surface area contributed by atoms with Crippen LogP contribution >= 0.6 is 18.7 Å². The van der Waals surface area contributed by atoms with Crippen LogP contribution in [0.15, 0.2) is 48.7 Å². The number of aromatic nitrogens is 2. The molecule has 5 rings (SSSR count). The van der Waals surface area contributed by atoms with Crippen molar-refractivity contribution < 1.29 is 14.1 Å². The van der Waals surface area contributed by atoms with Crippen molar-refractivity contribution >= 4 is 59.0 Å². The number of piperidine rings is 1. The van der Waals surface area contributed by atoms with Gasteiger partial charge < -0.3 is 30.2 Å². The Kier molecular flexibility index (Phi) is 8.70. The van der Waals surface area contributed by atoms with E-state index in [1.165, 1.54) is 11.3 Å². The number of para-hydroxylation sites is 1. The maximum Gasteiger partial charge on any atom is 0.407 e. The first-order chi connectivity index (χ1) is 20.2. The fourth-order valence-electron chi connectivity index (χ4n) is 6.10. The van der Waals surface area contributed by atoms with Crippen LogP contribution in [-0.2, 0) is 9.30 Å². The van der Waals surface area contributed by atoms with E-state index >= 15 is 0 Å². The topological polar surface area (TPSA) is 108 Å². The van der Waals surface area contributed by atoms with Crippen molar-refractivity contribution in [2.75, 3.05) is 42.0 Å². The average Bonchev–Trinajstić information content (AvgIpc) is 2.89. The van der Waals surface area contributed by atoms with E-state index in [1.807, 2.05) is 51.1 Å². The minimum Gasteiger partial charge on any atom is -0.444 e. The van der Waals surface area contributed by atoms with Crippen LogP contribution in [-0.4, -0.2) is 54.1 Å². The third-order valence-corrected chi connectivity index (χ3v) is 10.0. The predicted molar refractivity (Wildman–Crippen MR) is 177 cm³/mol. The molecule has 2 heterocycles. The van der Waals surface area contributed by atoms with Crippen LogP contribution < -0.4 is 26.2 Å². The van der Waals surface area contributed by atoms with Gasteiger partial charge in [-0.2, -0.15) is 4.98 Å². The highest BCUT2D eigenvalue weighted by atomic mass is 35.5. The maximum atomic E-state index is 12.8. The minimum atomic E-state index is -2.51. The zero-order valence-electron chi connectivity index (χ0n) is 25.8. The number of hydrogen-bond donors (Lipinski definition) is 3. The monoisotopic (exact) mass is 624 g/mol. The second kappa shape index (κ2) is 12.0. The molecule has 1 saturated heterocycles.